The quantitative estimate of drug-likeness (QED) is 0.676. The summed E-state index contributed by atoms with van der Waals surface area (Å²) in [4.78, 5) is 22.6. The normalized spacial score (nSPS) is 10.5. The third-order valence-corrected chi connectivity index (χ3v) is 3.50. The van der Waals surface area contributed by atoms with Crippen LogP contribution in [0.2, 0.25) is 0 Å². The van der Waals surface area contributed by atoms with E-state index in [0.29, 0.717) is 17.2 Å². The second-order valence-electron chi connectivity index (χ2n) is 5.49. The lowest BCUT2D eigenvalue weighted by Gasteiger charge is -2.09. The number of anilines is 1. The molecule has 0 spiro atoms. The standard InChI is InChI=1S/C17H18N2O3/c1-11(2)13-6-8-15(9-7-13)18-17(20)14-5-4-12(3)16(10-14)19(21)22/h4-11H,1-3H3,(H,18,20). The number of nitro groups is 1. The Kier molecular flexibility index (Phi) is 4.56. The molecule has 2 aromatic carbocycles. The van der Waals surface area contributed by atoms with Crippen LogP contribution in [0, 0.1) is 17.0 Å². The Morgan fingerprint density at radius 1 is 1.14 bits per heavy atom. The minimum atomic E-state index is -0.483. The van der Waals surface area contributed by atoms with Gasteiger partial charge in [0.15, 0.2) is 0 Å². The van der Waals surface area contributed by atoms with Crippen molar-refractivity contribution >= 4 is 17.3 Å². The van der Waals surface area contributed by atoms with Gasteiger partial charge in [0.25, 0.3) is 11.6 Å². The van der Waals surface area contributed by atoms with Gasteiger partial charge in [-0.15, -0.1) is 0 Å². The van der Waals surface area contributed by atoms with Gasteiger partial charge in [0.05, 0.1) is 4.92 Å². The number of carbonyl (C=O) groups excluding carboxylic acids is 1. The van der Waals surface area contributed by atoms with E-state index in [0.717, 1.165) is 0 Å². The van der Waals surface area contributed by atoms with Crippen LogP contribution in [0.3, 0.4) is 0 Å². The molecule has 0 saturated carbocycles. The molecule has 0 aliphatic heterocycles. The van der Waals surface area contributed by atoms with Crippen LogP contribution in [-0.4, -0.2) is 10.8 Å². The van der Waals surface area contributed by atoms with Crippen molar-refractivity contribution < 1.29 is 9.72 Å². The third kappa shape index (κ3) is 3.49. The van der Waals surface area contributed by atoms with Gasteiger partial charge in [-0.3, -0.25) is 14.9 Å². The Morgan fingerprint density at radius 3 is 2.32 bits per heavy atom. The van der Waals surface area contributed by atoms with Crippen molar-refractivity contribution in [3.63, 3.8) is 0 Å². The molecule has 0 unspecified atom stereocenters. The highest BCUT2D eigenvalue weighted by Gasteiger charge is 2.15. The summed E-state index contributed by atoms with van der Waals surface area (Å²) < 4.78 is 0. The fourth-order valence-electron chi connectivity index (χ4n) is 2.10. The largest absolute Gasteiger partial charge is 0.322 e. The Morgan fingerprint density at radius 2 is 1.77 bits per heavy atom. The molecule has 22 heavy (non-hydrogen) atoms. The number of hydrogen-bond donors (Lipinski definition) is 1. The Bertz CT molecular complexity index is 706. The Hall–Kier alpha value is -2.69. The number of rotatable bonds is 4. The third-order valence-electron chi connectivity index (χ3n) is 3.50. The number of hydrogen-bond acceptors (Lipinski definition) is 3. The van der Waals surface area contributed by atoms with Gasteiger partial charge in [-0.05, 0) is 36.6 Å². The molecule has 5 heteroatoms. The predicted molar refractivity (Wildman–Crippen MR) is 86.3 cm³/mol. The van der Waals surface area contributed by atoms with Crippen LogP contribution < -0.4 is 5.32 Å². The molecule has 1 amide bonds. The van der Waals surface area contributed by atoms with Crippen molar-refractivity contribution in [1.82, 2.24) is 0 Å². The van der Waals surface area contributed by atoms with E-state index in [1.807, 2.05) is 24.3 Å². The predicted octanol–water partition coefficient (Wildman–Crippen LogP) is 4.28. The van der Waals surface area contributed by atoms with Crippen LogP contribution in [0.5, 0.6) is 0 Å². The van der Waals surface area contributed by atoms with Gasteiger partial charge in [0, 0.05) is 22.9 Å². The maximum absolute atomic E-state index is 12.2. The monoisotopic (exact) mass is 298 g/mol. The van der Waals surface area contributed by atoms with Gasteiger partial charge >= 0.3 is 0 Å². The zero-order chi connectivity index (χ0) is 16.3. The first-order chi connectivity index (χ1) is 10.4. The SMILES string of the molecule is Cc1ccc(C(=O)Nc2ccc(C(C)C)cc2)cc1[N+](=O)[O-]. The van der Waals surface area contributed by atoms with E-state index < -0.39 is 4.92 Å². The van der Waals surface area contributed by atoms with Crippen LogP contribution >= 0.6 is 0 Å². The first kappa shape index (κ1) is 15.7. The smallest absolute Gasteiger partial charge is 0.273 e. The molecule has 0 bridgehead atoms. The highest BCUT2D eigenvalue weighted by molar-refractivity contribution is 6.04. The van der Waals surface area contributed by atoms with Gasteiger partial charge in [-0.25, -0.2) is 0 Å². The van der Waals surface area contributed by atoms with Crippen molar-refractivity contribution in [2.75, 3.05) is 5.32 Å². The van der Waals surface area contributed by atoms with E-state index >= 15 is 0 Å². The van der Waals surface area contributed by atoms with Gasteiger partial charge < -0.3 is 5.32 Å². The average molecular weight is 298 g/mol. The molecule has 0 heterocycles. The van der Waals surface area contributed by atoms with Crippen molar-refractivity contribution in [3.05, 3.63) is 69.3 Å². The molecular weight excluding hydrogens is 280 g/mol. The first-order valence-corrected chi connectivity index (χ1v) is 7.05. The molecule has 0 aromatic heterocycles. The molecule has 0 aliphatic carbocycles. The van der Waals surface area contributed by atoms with E-state index in [1.165, 1.54) is 11.6 Å². The minimum absolute atomic E-state index is 0.0530. The van der Waals surface area contributed by atoms with Crippen molar-refractivity contribution in [1.29, 1.82) is 0 Å². The number of benzene rings is 2. The highest BCUT2D eigenvalue weighted by Crippen LogP contribution is 2.21. The maximum Gasteiger partial charge on any atom is 0.273 e. The molecule has 0 radical (unpaired) electrons. The van der Waals surface area contributed by atoms with E-state index in [4.69, 9.17) is 0 Å². The van der Waals surface area contributed by atoms with Crippen LogP contribution in [0.15, 0.2) is 42.5 Å². The van der Waals surface area contributed by atoms with Gasteiger partial charge in [-0.2, -0.15) is 0 Å². The van der Waals surface area contributed by atoms with Crippen LogP contribution in [0.4, 0.5) is 11.4 Å². The number of nitrogens with zero attached hydrogens (tertiary/aromatic N) is 1. The lowest BCUT2D eigenvalue weighted by molar-refractivity contribution is -0.385. The summed E-state index contributed by atoms with van der Waals surface area (Å²) >= 11 is 0. The van der Waals surface area contributed by atoms with Crippen molar-refractivity contribution in [3.8, 4) is 0 Å². The fourth-order valence-corrected chi connectivity index (χ4v) is 2.10. The lowest BCUT2D eigenvalue weighted by atomic mass is 10.0. The van der Waals surface area contributed by atoms with Gasteiger partial charge in [0.2, 0.25) is 0 Å². The lowest BCUT2D eigenvalue weighted by Crippen LogP contribution is -2.12. The highest BCUT2D eigenvalue weighted by atomic mass is 16.6. The van der Waals surface area contributed by atoms with E-state index in [9.17, 15) is 14.9 Å². The Balaban J connectivity index is 2.18. The van der Waals surface area contributed by atoms with Crippen molar-refractivity contribution in [2.24, 2.45) is 0 Å². The second kappa shape index (κ2) is 6.39. The molecule has 2 aromatic rings. The van der Waals surface area contributed by atoms with Crippen LogP contribution in [-0.2, 0) is 0 Å². The van der Waals surface area contributed by atoms with E-state index in [2.05, 4.69) is 19.2 Å². The van der Waals surface area contributed by atoms with Crippen molar-refractivity contribution in [2.45, 2.75) is 26.7 Å². The number of nitro benzene ring substituents is 1. The van der Waals surface area contributed by atoms with Crippen LogP contribution in [0.25, 0.3) is 0 Å². The summed E-state index contributed by atoms with van der Waals surface area (Å²) in [5.74, 6) is 0.0601. The topological polar surface area (TPSA) is 72.2 Å². The number of aryl methyl sites for hydroxylation is 1. The molecular formula is C17H18N2O3. The molecule has 5 nitrogen and oxygen atoms in total. The summed E-state index contributed by atoms with van der Waals surface area (Å²) in [6, 6.07) is 12.0. The first-order valence-electron chi connectivity index (χ1n) is 7.05. The minimum Gasteiger partial charge on any atom is -0.322 e. The molecule has 2 rings (SSSR count). The molecule has 0 aliphatic rings. The number of carbonyl (C=O) groups is 1. The molecule has 0 saturated heterocycles. The zero-order valence-corrected chi connectivity index (χ0v) is 12.8. The summed E-state index contributed by atoms with van der Waals surface area (Å²) in [6.07, 6.45) is 0. The molecule has 0 atom stereocenters. The maximum atomic E-state index is 12.2. The summed E-state index contributed by atoms with van der Waals surface area (Å²) in [6.45, 7) is 5.84. The zero-order valence-electron chi connectivity index (χ0n) is 12.8. The second-order valence-corrected chi connectivity index (χ2v) is 5.49. The van der Waals surface area contributed by atoms with E-state index in [-0.39, 0.29) is 17.2 Å². The summed E-state index contributed by atoms with van der Waals surface area (Å²) in [7, 11) is 0. The van der Waals surface area contributed by atoms with Gasteiger partial charge in [0.1, 0.15) is 0 Å². The number of nitrogens with one attached hydrogen (secondary N) is 1. The molecule has 0 fully saturated rings. The number of amides is 1. The molecule has 1 N–H and O–H groups in total. The van der Waals surface area contributed by atoms with Crippen LogP contribution in [0.1, 0.15) is 41.3 Å². The Labute approximate surface area is 129 Å². The summed E-state index contributed by atoms with van der Waals surface area (Å²) in [5, 5.41) is 13.7. The van der Waals surface area contributed by atoms with E-state index in [1.54, 1.807) is 19.1 Å². The summed E-state index contributed by atoms with van der Waals surface area (Å²) in [5.41, 5.74) is 2.59. The van der Waals surface area contributed by atoms with Gasteiger partial charge in [-0.1, -0.05) is 32.0 Å². The fraction of sp³-hybridized carbons (Fsp3) is 0.235. The average Bonchev–Trinajstić information content (AvgIpc) is 2.47. The molecule has 114 valence electrons.